The van der Waals surface area contributed by atoms with Crippen LogP contribution in [0.15, 0.2) is 72.9 Å². The largest absolute Gasteiger partial charge is 0.462 e. The van der Waals surface area contributed by atoms with E-state index in [1.54, 1.807) is 0 Å². The van der Waals surface area contributed by atoms with Crippen LogP contribution in [0.2, 0.25) is 0 Å². The Morgan fingerprint density at radius 3 is 1.25 bits per heavy atom. The van der Waals surface area contributed by atoms with Crippen molar-refractivity contribution in [3.8, 4) is 0 Å². The van der Waals surface area contributed by atoms with Crippen LogP contribution in [-0.4, -0.2) is 46.9 Å². The summed E-state index contributed by atoms with van der Waals surface area (Å²) < 4.78 is 5.93. The first-order chi connectivity index (χ1) is 33.0. The molecule has 1 amide bonds. The van der Waals surface area contributed by atoms with Crippen LogP contribution in [0.1, 0.15) is 278 Å². The lowest BCUT2D eigenvalue weighted by Gasteiger charge is -2.24. The molecule has 0 aliphatic rings. The molecule has 0 saturated carbocycles. The molecular weight excluding hydrogens is 827 g/mol. The summed E-state index contributed by atoms with van der Waals surface area (Å²) in [6.45, 7) is 6.35. The number of hydrogen-bond acceptors (Lipinski definition) is 5. The Morgan fingerprint density at radius 1 is 0.448 bits per heavy atom. The van der Waals surface area contributed by atoms with Crippen LogP contribution in [0.4, 0.5) is 0 Å². The maximum Gasteiger partial charge on any atom is 0.306 e. The van der Waals surface area contributed by atoms with Crippen molar-refractivity contribution < 1.29 is 24.5 Å². The van der Waals surface area contributed by atoms with Crippen molar-refractivity contribution in [3.63, 3.8) is 0 Å². The van der Waals surface area contributed by atoms with Crippen LogP contribution >= 0.6 is 0 Å². The second-order valence-corrected chi connectivity index (χ2v) is 19.4. The minimum atomic E-state index is -0.803. The molecule has 3 N–H and O–H groups in total. The van der Waals surface area contributed by atoms with E-state index in [0.29, 0.717) is 19.3 Å². The van der Waals surface area contributed by atoms with E-state index in [9.17, 15) is 19.8 Å². The van der Waals surface area contributed by atoms with Gasteiger partial charge in [0, 0.05) is 6.42 Å². The molecule has 0 spiro atoms. The molecule has 67 heavy (non-hydrogen) atoms. The van der Waals surface area contributed by atoms with Crippen LogP contribution in [0, 0.1) is 0 Å². The summed E-state index contributed by atoms with van der Waals surface area (Å²) >= 11 is 0. The van der Waals surface area contributed by atoms with Gasteiger partial charge in [-0.25, -0.2) is 0 Å². The molecule has 6 heteroatoms. The van der Waals surface area contributed by atoms with Gasteiger partial charge < -0.3 is 20.3 Å². The number of esters is 1. The van der Waals surface area contributed by atoms with Crippen molar-refractivity contribution in [3.05, 3.63) is 72.9 Å². The lowest BCUT2D eigenvalue weighted by Crippen LogP contribution is -2.46. The summed E-state index contributed by atoms with van der Waals surface area (Å²) in [6.07, 6.45) is 69.6. The minimum absolute atomic E-state index is 0.0480. The summed E-state index contributed by atoms with van der Waals surface area (Å²) in [4.78, 5) is 26.3. The second kappa shape index (κ2) is 54.2. The van der Waals surface area contributed by atoms with Crippen molar-refractivity contribution in [1.29, 1.82) is 0 Å². The first kappa shape index (κ1) is 64.3. The Kier molecular flexibility index (Phi) is 52.1. The van der Waals surface area contributed by atoms with Crippen molar-refractivity contribution in [2.75, 3.05) is 6.61 Å². The van der Waals surface area contributed by atoms with Crippen molar-refractivity contribution >= 4 is 11.9 Å². The number of ether oxygens (including phenoxy) is 1. The van der Waals surface area contributed by atoms with E-state index in [1.807, 2.05) is 18.2 Å². The van der Waals surface area contributed by atoms with Crippen molar-refractivity contribution in [2.45, 2.75) is 296 Å². The van der Waals surface area contributed by atoms with Crippen LogP contribution in [0.5, 0.6) is 0 Å². The molecule has 0 fully saturated rings. The smallest absolute Gasteiger partial charge is 0.306 e. The Morgan fingerprint density at radius 2 is 0.806 bits per heavy atom. The molecule has 0 aromatic rings. The van der Waals surface area contributed by atoms with E-state index >= 15 is 0 Å². The van der Waals surface area contributed by atoms with Crippen LogP contribution < -0.4 is 5.32 Å². The normalized spacial score (nSPS) is 13.7. The molecular formula is C61H109NO5. The van der Waals surface area contributed by atoms with E-state index in [2.05, 4.69) is 80.8 Å². The molecule has 3 unspecified atom stereocenters. The van der Waals surface area contributed by atoms with Gasteiger partial charge in [-0.05, 0) is 70.6 Å². The molecule has 0 aromatic carbocycles. The van der Waals surface area contributed by atoms with E-state index in [0.717, 1.165) is 96.3 Å². The second-order valence-electron chi connectivity index (χ2n) is 19.4. The maximum atomic E-state index is 13.3. The summed E-state index contributed by atoms with van der Waals surface area (Å²) in [5, 5.41) is 23.9. The van der Waals surface area contributed by atoms with Gasteiger partial charge in [0.05, 0.1) is 25.2 Å². The summed E-state index contributed by atoms with van der Waals surface area (Å²) in [5.41, 5.74) is 0. The van der Waals surface area contributed by atoms with Gasteiger partial charge in [-0.2, -0.15) is 0 Å². The number of amides is 1. The molecule has 3 atom stereocenters. The van der Waals surface area contributed by atoms with E-state index < -0.39 is 18.2 Å². The number of carbonyl (C=O) groups is 2. The average Bonchev–Trinajstić information content (AvgIpc) is 3.32. The molecule has 0 heterocycles. The predicted octanol–water partition coefficient (Wildman–Crippen LogP) is 17.7. The standard InChI is InChI=1S/C61H109NO5/c1-4-7-10-13-16-19-22-25-28-30-33-35-38-41-44-47-50-53-59(64)58(56-63)62-60(65)55-57(52-49-46-43-40-37-34-32-29-26-23-20-17-14-11-8-5-2)67-61(66)54-51-48-45-42-39-36-31-27-24-21-18-15-12-9-6-3/h9,12,15,18,21,24,27,29,31-32,34,37,57-59,63-64H,4-8,10-11,13-14,16-17,19-20,22-23,25-26,28,30,33,35-36,38-56H2,1-3H3,(H,62,65)/b12-9+,18-15+,24-21+,31-27-,32-29+,37-34+. The lowest BCUT2D eigenvalue weighted by molar-refractivity contribution is -0.151. The van der Waals surface area contributed by atoms with E-state index in [-0.39, 0.29) is 24.9 Å². The zero-order chi connectivity index (χ0) is 48.8. The van der Waals surface area contributed by atoms with Crippen LogP contribution in [-0.2, 0) is 14.3 Å². The quantitative estimate of drug-likeness (QED) is 0.0321. The van der Waals surface area contributed by atoms with Gasteiger partial charge >= 0.3 is 5.97 Å². The summed E-state index contributed by atoms with van der Waals surface area (Å²) in [7, 11) is 0. The molecule has 6 nitrogen and oxygen atoms in total. The fourth-order valence-corrected chi connectivity index (χ4v) is 8.55. The SMILES string of the molecule is CC/C=C/C=C/C=C/C=C\CCCCCCCC(=O)OC(CCCCC/C=C/C=C/CCCCCCCCC)CC(=O)NC(CO)C(O)CCCCCCCCCCCCCCCCCCC. The Bertz CT molecular complexity index is 1230. The van der Waals surface area contributed by atoms with Gasteiger partial charge in [-0.3, -0.25) is 9.59 Å². The highest BCUT2D eigenvalue weighted by Crippen LogP contribution is 2.18. The van der Waals surface area contributed by atoms with Gasteiger partial charge in [0.2, 0.25) is 5.91 Å². The highest BCUT2D eigenvalue weighted by atomic mass is 16.5. The van der Waals surface area contributed by atoms with Gasteiger partial charge in [0.1, 0.15) is 6.10 Å². The average molecular weight is 937 g/mol. The highest BCUT2D eigenvalue weighted by molar-refractivity contribution is 5.77. The molecule has 0 aromatic heterocycles. The van der Waals surface area contributed by atoms with Gasteiger partial charge in [-0.1, -0.05) is 267 Å². The fourth-order valence-electron chi connectivity index (χ4n) is 8.55. The molecule has 0 saturated heterocycles. The maximum absolute atomic E-state index is 13.3. The number of allylic oxidation sites excluding steroid dienone is 12. The zero-order valence-corrected chi connectivity index (χ0v) is 44.3. The Balaban J connectivity index is 4.62. The number of nitrogens with one attached hydrogen (secondary N) is 1. The van der Waals surface area contributed by atoms with Crippen LogP contribution in [0.3, 0.4) is 0 Å². The zero-order valence-electron chi connectivity index (χ0n) is 44.3. The number of aliphatic hydroxyl groups is 2. The summed E-state index contributed by atoms with van der Waals surface area (Å²) in [6, 6.07) is -0.719. The highest BCUT2D eigenvalue weighted by Gasteiger charge is 2.24. The number of aliphatic hydroxyl groups excluding tert-OH is 2. The third kappa shape index (κ3) is 49.5. The lowest BCUT2D eigenvalue weighted by atomic mass is 10.0. The third-order valence-corrected chi connectivity index (χ3v) is 12.9. The topological polar surface area (TPSA) is 95.9 Å². The van der Waals surface area contributed by atoms with Crippen molar-refractivity contribution in [2.24, 2.45) is 0 Å². The third-order valence-electron chi connectivity index (χ3n) is 12.9. The fraction of sp³-hybridized carbons (Fsp3) is 0.770. The van der Waals surface area contributed by atoms with Gasteiger partial charge in [-0.15, -0.1) is 0 Å². The first-order valence-electron chi connectivity index (χ1n) is 28.7. The number of hydrogen-bond donors (Lipinski definition) is 3. The predicted molar refractivity (Wildman–Crippen MR) is 291 cm³/mol. The molecule has 0 bridgehead atoms. The first-order valence-corrected chi connectivity index (χ1v) is 28.7. The molecule has 388 valence electrons. The van der Waals surface area contributed by atoms with E-state index in [1.165, 1.54) is 135 Å². The summed E-state index contributed by atoms with van der Waals surface area (Å²) in [5.74, 6) is -0.523. The van der Waals surface area contributed by atoms with Crippen molar-refractivity contribution in [1.82, 2.24) is 5.32 Å². The monoisotopic (exact) mass is 936 g/mol. The molecule has 0 aliphatic heterocycles. The number of carbonyl (C=O) groups excluding carboxylic acids is 2. The molecule has 0 aliphatic carbocycles. The van der Waals surface area contributed by atoms with E-state index in [4.69, 9.17) is 4.74 Å². The van der Waals surface area contributed by atoms with Gasteiger partial charge in [0.25, 0.3) is 0 Å². The Labute approximate surface area is 415 Å². The number of unbranched alkanes of at least 4 members (excludes halogenated alkanes) is 31. The minimum Gasteiger partial charge on any atom is -0.462 e. The number of rotatable bonds is 51. The molecule has 0 rings (SSSR count). The molecule has 0 radical (unpaired) electrons. The van der Waals surface area contributed by atoms with Gasteiger partial charge in [0.15, 0.2) is 0 Å². The Hall–Kier alpha value is -2.70. The van der Waals surface area contributed by atoms with Crippen LogP contribution in [0.25, 0.3) is 0 Å².